The number of nitrogens with two attached hydrogens (primary N) is 1. The van der Waals surface area contributed by atoms with E-state index >= 15 is 0 Å². The lowest BCUT2D eigenvalue weighted by molar-refractivity contribution is -0.00461. The molecular formula is C14H20ClFN2O2. The molecule has 1 aliphatic heterocycles. The molecule has 0 spiro atoms. The molecule has 0 saturated carbocycles. The van der Waals surface area contributed by atoms with E-state index in [0.29, 0.717) is 25.2 Å². The third-order valence-electron chi connectivity index (χ3n) is 3.85. The van der Waals surface area contributed by atoms with Gasteiger partial charge < -0.3 is 15.2 Å². The van der Waals surface area contributed by atoms with E-state index in [0.717, 1.165) is 0 Å². The second-order valence-corrected chi connectivity index (χ2v) is 5.30. The van der Waals surface area contributed by atoms with Crippen LogP contribution in [0, 0.1) is 5.82 Å². The zero-order valence-electron chi connectivity index (χ0n) is 11.7. The molecule has 1 saturated heterocycles. The van der Waals surface area contributed by atoms with Crippen molar-refractivity contribution in [3.8, 4) is 0 Å². The summed E-state index contributed by atoms with van der Waals surface area (Å²) in [5.74, 6) is -0.403. The molecule has 3 unspecified atom stereocenters. The standard InChI is InChI=1S/C14H20ClFN2O2/c1-19-12-7-18(8-13(12)20-2)11(6-17)9-4-3-5-10(15)14(9)16/h3-5,11-13H,6-8,17H2,1-2H3. The molecule has 1 fully saturated rings. The molecule has 2 N–H and O–H groups in total. The fourth-order valence-corrected chi connectivity index (χ4v) is 2.91. The Morgan fingerprint density at radius 1 is 1.35 bits per heavy atom. The Kier molecular flexibility index (Phi) is 5.35. The molecule has 1 aromatic rings. The summed E-state index contributed by atoms with van der Waals surface area (Å²) in [6.07, 6.45) is -0.0624. The summed E-state index contributed by atoms with van der Waals surface area (Å²) in [4.78, 5) is 2.08. The van der Waals surface area contributed by atoms with Gasteiger partial charge in [0.15, 0.2) is 0 Å². The SMILES string of the molecule is COC1CN(C(CN)c2cccc(Cl)c2F)CC1OC. The lowest BCUT2D eigenvalue weighted by atomic mass is 10.1. The van der Waals surface area contributed by atoms with Crippen LogP contribution in [-0.4, -0.2) is 51.0 Å². The first kappa shape index (κ1) is 15.7. The molecule has 4 nitrogen and oxygen atoms in total. The highest BCUT2D eigenvalue weighted by Crippen LogP contribution is 2.30. The Balaban J connectivity index is 2.23. The van der Waals surface area contributed by atoms with Gasteiger partial charge in [-0.25, -0.2) is 4.39 Å². The van der Waals surface area contributed by atoms with Gasteiger partial charge in [0.05, 0.1) is 23.3 Å². The third-order valence-corrected chi connectivity index (χ3v) is 4.15. The van der Waals surface area contributed by atoms with Gasteiger partial charge in [-0.2, -0.15) is 0 Å². The van der Waals surface area contributed by atoms with Crippen LogP contribution in [0.2, 0.25) is 5.02 Å². The van der Waals surface area contributed by atoms with Crippen LogP contribution >= 0.6 is 11.6 Å². The summed E-state index contributed by atoms with van der Waals surface area (Å²) < 4.78 is 25.0. The number of ether oxygens (including phenoxy) is 2. The highest BCUT2D eigenvalue weighted by atomic mass is 35.5. The van der Waals surface area contributed by atoms with E-state index in [1.165, 1.54) is 6.07 Å². The summed E-state index contributed by atoms with van der Waals surface area (Å²) >= 11 is 5.85. The van der Waals surface area contributed by atoms with Gasteiger partial charge in [-0.3, -0.25) is 4.90 Å². The first-order valence-corrected chi connectivity index (χ1v) is 6.93. The zero-order chi connectivity index (χ0) is 14.7. The first-order chi connectivity index (χ1) is 9.62. The molecule has 1 aromatic carbocycles. The van der Waals surface area contributed by atoms with Crippen LogP contribution in [0.4, 0.5) is 4.39 Å². The molecule has 20 heavy (non-hydrogen) atoms. The average Bonchev–Trinajstić information content (AvgIpc) is 2.87. The largest absolute Gasteiger partial charge is 0.377 e. The van der Waals surface area contributed by atoms with E-state index in [1.54, 1.807) is 26.4 Å². The Hall–Kier alpha value is -0.720. The van der Waals surface area contributed by atoms with Crippen molar-refractivity contribution in [3.63, 3.8) is 0 Å². The van der Waals surface area contributed by atoms with Crippen LogP contribution in [0.1, 0.15) is 11.6 Å². The topological polar surface area (TPSA) is 47.7 Å². The molecule has 2 rings (SSSR count). The van der Waals surface area contributed by atoms with Crippen molar-refractivity contribution in [3.05, 3.63) is 34.6 Å². The zero-order valence-corrected chi connectivity index (χ0v) is 12.4. The minimum absolute atomic E-state index is 0.0312. The summed E-state index contributed by atoms with van der Waals surface area (Å²) in [5, 5.41) is 0.117. The molecule has 0 radical (unpaired) electrons. The normalized spacial score (nSPS) is 25.1. The van der Waals surface area contributed by atoms with Crippen LogP contribution < -0.4 is 5.73 Å². The number of methoxy groups -OCH3 is 2. The van der Waals surface area contributed by atoms with Gasteiger partial charge in [-0.1, -0.05) is 23.7 Å². The molecule has 0 bridgehead atoms. The molecule has 0 aliphatic carbocycles. The van der Waals surface area contributed by atoms with Crippen LogP contribution in [0.3, 0.4) is 0 Å². The number of benzene rings is 1. The van der Waals surface area contributed by atoms with Gasteiger partial charge >= 0.3 is 0 Å². The van der Waals surface area contributed by atoms with E-state index in [9.17, 15) is 4.39 Å². The van der Waals surface area contributed by atoms with Gasteiger partial charge in [-0.15, -0.1) is 0 Å². The summed E-state index contributed by atoms with van der Waals surface area (Å²) in [6, 6.07) is 4.77. The minimum atomic E-state index is -0.403. The predicted octanol–water partition coefficient (Wildman–Crippen LogP) is 1.82. The van der Waals surface area contributed by atoms with Crippen LogP contribution in [0.25, 0.3) is 0 Å². The Labute approximate surface area is 123 Å². The third kappa shape index (κ3) is 2.97. The minimum Gasteiger partial charge on any atom is -0.377 e. The lowest BCUT2D eigenvalue weighted by Gasteiger charge is -2.27. The smallest absolute Gasteiger partial charge is 0.146 e. The van der Waals surface area contributed by atoms with E-state index in [1.807, 2.05) is 0 Å². The van der Waals surface area contributed by atoms with Crippen molar-refractivity contribution in [2.75, 3.05) is 33.9 Å². The van der Waals surface area contributed by atoms with E-state index < -0.39 is 5.82 Å². The maximum absolute atomic E-state index is 14.2. The molecule has 6 heteroatoms. The Bertz CT molecular complexity index is 449. The second kappa shape index (κ2) is 6.83. The molecule has 1 heterocycles. The summed E-state index contributed by atoms with van der Waals surface area (Å²) in [6.45, 7) is 1.62. The number of hydrogen-bond donors (Lipinski definition) is 1. The fraction of sp³-hybridized carbons (Fsp3) is 0.571. The van der Waals surface area contributed by atoms with Gasteiger partial charge in [0.25, 0.3) is 0 Å². The maximum Gasteiger partial charge on any atom is 0.146 e. The number of halogens is 2. The van der Waals surface area contributed by atoms with Gasteiger partial charge in [0, 0.05) is 39.4 Å². The maximum atomic E-state index is 14.2. The Morgan fingerprint density at radius 3 is 2.45 bits per heavy atom. The second-order valence-electron chi connectivity index (χ2n) is 4.90. The fourth-order valence-electron chi connectivity index (χ4n) is 2.73. The molecule has 3 atom stereocenters. The highest BCUT2D eigenvalue weighted by Gasteiger charge is 2.37. The van der Waals surface area contributed by atoms with Crippen molar-refractivity contribution in [1.29, 1.82) is 0 Å². The van der Waals surface area contributed by atoms with E-state index in [2.05, 4.69) is 4.90 Å². The van der Waals surface area contributed by atoms with Crippen LogP contribution in [-0.2, 0) is 9.47 Å². The van der Waals surface area contributed by atoms with Gasteiger partial charge in [0.1, 0.15) is 5.82 Å². The summed E-state index contributed by atoms with van der Waals surface area (Å²) in [5.41, 5.74) is 6.36. The molecule has 1 aliphatic rings. The van der Waals surface area contributed by atoms with Crippen molar-refractivity contribution >= 4 is 11.6 Å². The summed E-state index contributed by atoms with van der Waals surface area (Å²) in [7, 11) is 3.30. The lowest BCUT2D eigenvalue weighted by Crippen LogP contribution is -2.33. The highest BCUT2D eigenvalue weighted by molar-refractivity contribution is 6.30. The Morgan fingerprint density at radius 2 is 1.95 bits per heavy atom. The average molecular weight is 303 g/mol. The molecule has 112 valence electrons. The monoisotopic (exact) mass is 302 g/mol. The van der Waals surface area contributed by atoms with Crippen molar-refractivity contribution in [2.45, 2.75) is 18.2 Å². The first-order valence-electron chi connectivity index (χ1n) is 6.56. The molecule has 0 aromatic heterocycles. The van der Waals surface area contributed by atoms with Crippen molar-refractivity contribution < 1.29 is 13.9 Å². The van der Waals surface area contributed by atoms with E-state index in [-0.39, 0.29) is 23.3 Å². The quantitative estimate of drug-likeness (QED) is 0.901. The number of nitrogens with zero attached hydrogens (tertiary/aromatic N) is 1. The van der Waals surface area contributed by atoms with E-state index in [4.69, 9.17) is 26.8 Å². The molecular weight excluding hydrogens is 283 g/mol. The van der Waals surface area contributed by atoms with Crippen LogP contribution in [0.5, 0.6) is 0 Å². The van der Waals surface area contributed by atoms with Crippen LogP contribution in [0.15, 0.2) is 18.2 Å². The van der Waals surface area contributed by atoms with Gasteiger partial charge in [0.2, 0.25) is 0 Å². The number of likely N-dealkylation sites (tertiary alicyclic amines) is 1. The number of rotatable bonds is 5. The predicted molar refractivity (Wildman–Crippen MR) is 76.4 cm³/mol. The molecule has 0 amide bonds. The van der Waals surface area contributed by atoms with Crippen molar-refractivity contribution in [1.82, 2.24) is 4.90 Å². The number of hydrogen-bond acceptors (Lipinski definition) is 4. The van der Waals surface area contributed by atoms with Gasteiger partial charge in [-0.05, 0) is 6.07 Å². The van der Waals surface area contributed by atoms with Crippen molar-refractivity contribution in [2.24, 2.45) is 5.73 Å².